The van der Waals surface area contributed by atoms with Gasteiger partial charge in [0.1, 0.15) is 5.75 Å². The number of ether oxygens (including phenoxy) is 2. The maximum atomic E-state index is 12.0. The van der Waals surface area contributed by atoms with Crippen LogP contribution in [0.15, 0.2) is 34.8 Å². The molecule has 0 unspecified atom stereocenters. The average molecular weight is 328 g/mol. The molecule has 0 aliphatic carbocycles. The molecule has 19 heavy (non-hydrogen) atoms. The summed E-state index contributed by atoms with van der Waals surface area (Å²) in [6.45, 7) is 7.05. The minimum atomic E-state index is -0.162. The molecule has 0 saturated heterocycles. The Morgan fingerprint density at radius 3 is 2.84 bits per heavy atom. The summed E-state index contributed by atoms with van der Waals surface area (Å²) < 4.78 is 11.1. The second-order valence-corrected chi connectivity index (χ2v) is 4.97. The highest BCUT2D eigenvalue weighted by Gasteiger charge is 2.10. The number of hydrogen-bond donors (Lipinski definition) is 1. The van der Waals surface area contributed by atoms with E-state index in [0.29, 0.717) is 31.1 Å². The fourth-order valence-corrected chi connectivity index (χ4v) is 1.81. The first-order valence-electron chi connectivity index (χ1n) is 5.88. The van der Waals surface area contributed by atoms with Crippen LogP contribution < -0.4 is 10.1 Å². The first-order chi connectivity index (χ1) is 9.04. The summed E-state index contributed by atoms with van der Waals surface area (Å²) in [6.07, 6.45) is 0. The van der Waals surface area contributed by atoms with Crippen molar-refractivity contribution in [1.82, 2.24) is 5.32 Å². The van der Waals surface area contributed by atoms with Crippen molar-refractivity contribution in [3.05, 3.63) is 40.4 Å². The number of benzene rings is 1. The van der Waals surface area contributed by atoms with Gasteiger partial charge in [-0.2, -0.15) is 0 Å². The zero-order valence-electron chi connectivity index (χ0n) is 11.2. The van der Waals surface area contributed by atoms with Crippen molar-refractivity contribution in [2.45, 2.75) is 6.92 Å². The summed E-state index contributed by atoms with van der Waals surface area (Å²) in [7, 11) is 1.57. The van der Waals surface area contributed by atoms with Gasteiger partial charge in [0.05, 0.1) is 25.9 Å². The Morgan fingerprint density at radius 2 is 2.21 bits per heavy atom. The summed E-state index contributed by atoms with van der Waals surface area (Å²) in [5, 5.41) is 2.79. The predicted octanol–water partition coefficient (Wildman–Crippen LogP) is 2.78. The third-order valence-corrected chi connectivity index (χ3v) is 2.99. The molecular formula is C14H18BrNO3. The summed E-state index contributed by atoms with van der Waals surface area (Å²) in [6, 6.07) is 5.26. The normalized spacial score (nSPS) is 10.1. The molecule has 4 nitrogen and oxygen atoms in total. The van der Waals surface area contributed by atoms with Crippen molar-refractivity contribution < 1.29 is 14.3 Å². The zero-order chi connectivity index (χ0) is 14.3. The van der Waals surface area contributed by atoms with Crippen LogP contribution in [0.25, 0.3) is 0 Å². The maximum Gasteiger partial charge on any atom is 0.252 e. The summed E-state index contributed by atoms with van der Waals surface area (Å²) >= 11 is 3.34. The smallest absolute Gasteiger partial charge is 0.252 e. The Morgan fingerprint density at radius 1 is 1.47 bits per heavy atom. The number of hydrogen-bond acceptors (Lipinski definition) is 3. The molecule has 0 aliphatic rings. The lowest BCUT2D eigenvalue weighted by Crippen LogP contribution is -2.27. The Kier molecular flexibility index (Phi) is 6.59. The van der Waals surface area contributed by atoms with Crippen LogP contribution in [0.2, 0.25) is 0 Å². The SMILES string of the molecule is C=C(C)COCCNC(=O)c1cc(OC)ccc1Br. The van der Waals surface area contributed by atoms with Gasteiger partial charge in [-0.3, -0.25) is 4.79 Å². The Labute approximate surface area is 121 Å². The number of amides is 1. The molecular weight excluding hydrogens is 310 g/mol. The quantitative estimate of drug-likeness (QED) is 0.618. The molecule has 0 atom stereocenters. The van der Waals surface area contributed by atoms with Gasteiger partial charge in [0.15, 0.2) is 0 Å². The molecule has 5 heteroatoms. The second-order valence-electron chi connectivity index (χ2n) is 4.11. The Bertz CT molecular complexity index is 460. The van der Waals surface area contributed by atoms with Gasteiger partial charge >= 0.3 is 0 Å². The lowest BCUT2D eigenvalue weighted by atomic mass is 10.2. The molecule has 0 heterocycles. The van der Waals surface area contributed by atoms with E-state index < -0.39 is 0 Å². The minimum absolute atomic E-state index is 0.162. The Balaban J connectivity index is 2.47. The molecule has 0 bridgehead atoms. The van der Waals surface area contributed by atoms with E-state index in [1.807, 2.05) is 6.92 Å². The van der Waals surface area contributed by atoms with Crippen molar-refractivity contribution in [2.24, 2.45) is 0 Å². The first kappa shape index (κ1) is 15.7. The Hall–Kier alpha value is -1.33. The molecule has 1 N–H and O–H groups in total. The van der Waals surface area contributed by atoms with Gasteiger partial charge in [-0.1, -0.05) is 12.2 Å². The molecule has 1 rings (SSSR count). The van der Waals surface area contributed by atoms with E-state index in [1.54, 1.807) is 25.3 Å². The molecule has 0 spiro atoms. The van der Waals surface area contributed by atoms with Gasteiger partial charge in [-0.25, -0.2) is 0 Å². The van der Waals surface area contributed by atoms with Crippen LogP contribution in [-0.4, -0.2) is 32.8 Å². The van der Waals surface area contributed by atoms with Crippen LogP contribution in [0, 0.1) is 0 Å². The number of carbonyl (C=O) groups is 1. The second kappa shape index (κ2) is 7.96. The standard InChI is InChI=1S/C14H18BrNO3/c1-10(2)9-19-7-6-16-14(17)12-8-11(18-3)4-5-13(12)15/h4-5,8H,1,6-7,9H2,2-3H3,(H,16,17). The van der Waals surface area contributed by atoms with Crippen LogP contribution >= 0.6 is 15.9 Å². The fourth-order valence-electron chi connectivity index (χ4n) is 1.38. The number of nitrogens with one attached hydrogen (secondary N) is 1. The van der Waals surface area contributed by atoms with Gasteiger partial charge in [-0.05, 0) is 41.1 Å². The minimum Gasteiger partial charge on any atom is -0.497 e. The first-order valence-corrected chi connectivity index (χ1v) is 6.67. The van der Waals surface area contributed by atoms with Gasteiger partial charge in [0.2, 0.25) is 0 Å². The van der Waals surface area contributed by atoms with Gasteiger partial charge in [0, 0.05) is 11.0 Å². The maximum absolute atomic E-state index is 12.0. The zero-order valence-corrected chi connectivity index (χ0v) is 12.7. The molecule has 0 saturated carbocycles. The summed E-state index contributed by atoms with van der Waals surface area (Å²) in [4.78, 5) is 12.0. The van der Waals surface area contributed by atoms with Gasteiger partial charge in [0.25, 0.3) is 5.91 Å². The van der Waals surface area contributed by atoms with E-state index >= 15 is 0 Å². The number of methoxy groups -OCH3 is 1. The lowest BCUT2D eigenvalue weighted by Gasteiger charge is -2.09. The number of carbonyl (C=O) groups excluding carboxylic acids is 1. The van der Waals surface area contributed by atoms with Gasteiger partial charge in [-0.15, -0.1) is 0 Å². The van der Waals surface area contributed by atoms with Crippen molar-refractivity contribution in [2.75, 3.05) is 26.9 Å². The van der Waals surface area contributed by atoms with Crippen LogP contribution in [-0.2, 0) is 4.74 Å². The van der Waals surface area contributed by atoms with E-state index in [9.17, 15) is 4.79 Å². The molecule has 1 aromatic carbocycles. The van der Waals surface area contributed by atoms with E-state index in [-0.39, 0.29) is 5.91 Å². The van der Waals surface area contributed by atoms with Crippen molar-refractivity contribution in [1.29, 1.82) is 0 Å². The molecule has 0 aliphatic heterocycles. The van der Waals surface area contributed by atoms with Crippen LogP contribution in [0.5, 0.6) is 5.75 Å². The largest absolute Gasteiger partial charge is 0.497 e. The topological polar surface area (TPSA) is 47.6 Å². The highest BCUT2D eigenvalue weighted by Crippen LogP contribution is 2.22. The molecule has 1 aromatic rings. The monoisotopic (exact) mass is 327 g/mol. The van der Waals surface area contributed by atoms with Crippen molar-refractivity contribution in [3.63, 3.8) is 0 Å². The highest BCUT2D eigenvalue weighted by atomic mass is 79.9. The van der Waals surface area contributed by atoms with E-state index in [4.69, 9.17) is 9.47 Å². The lowest BCUT2D eigenvalue weighted by molar-refractivity contribution is 0.0925. The van der Waals surface area contributed by atoms with Crippen LogP contribution in [0.1, 0.15) is 17.3 Å². The highest BCUT2D eigenvalue weighted by molar-refractivity contribution is 9.10. The van der Waals surface area contributed by atoms with E-state index in [0.717, 1.165) is 10.0 Å². The van der Waals surface area contributed by atoms with Crippen molar-refractivity contribution in [3.8, 4) is 5.75 Å². The predicted molar refractivity (Wildman–Crippen MR) is 78.7 cm³/mol. The molecule has 104 valence electrons. The molecule has 0 fully saturated rings. The fraction of sp³-hybridized carbons (Fsp3) is 0.357. The average Bonchev–Trinajstić information content (AvgIpc) is 2.38. The van der Waals surface area contributed by atoms with Gasteiger partial charge < -0.3 is 14.8 Å². The molecule has 1 amide bonds. The van der Waals surface area contributed by atoms with E-state index in [2.05, 4.69) is 27.8 Å². The summed E-state index contributed by atoms with van der Waals surface area (Å²) in [5.41, 5.74) is 1.50. The van der Waals surface area contributed by atoms with Crippen LogP contribution in [0.3, 0.4) is 0 Å². The number of rotatable bonds is 7. The molecule has 0 aromatic heterocycles. The van der Waals surface area contributed by atoms with Crippen LogP contribution in [0.4, 0.5) is 0 Å². The molecule has 0 radical (unpaired) electrons. The third-order valence-electron chi connectivity index (χ3n) is 2.30. The van der Waals surface area contributed by atoms with Crippen molar-refractivity contribution >= 4 is 21.8 Å². The third kappa shape index (κ3) is 5.44. The van der Waals surface area contributed by atoms with E-state index in [1.165, 1.54) is 0 Å². The number of halogens is 1. The summed E-state index contributed by atoms with van der Waals surface area (Å²) in [5.74, 6) is 0.483.